The first kappa shape index (κ1) is 18.1. The molecule has 1 heterocycles. The maximum absolute atomic E-state index is 12.1. The van der Waals surface area contributed by atoms with Gasteiger partial charge in [0.05, 0.1) is 18.4 Å². The summed E-state index contributed by atoms with van der Waals surface area (Å²) in [6.07, 6.45) is 0.800. The van der Waals surface area contributed by atoms with E-state index in [2.05, 4.69) is 10.2 Å². The Bertz CT molecular complexity index is 557. The molecule has 1 N–H and O–H groups in total. The number of methoxy groups -OCH3 is 2. The molecule has 1 aliphatic rings. The van der Waals surface area contributed by atoms with Crippen molar-refractivity contribution in [3.05, 3.63) is 29.8 Å². The van der Waals surface area contributed by atoms with Crippen molar-refractivity contribution in [1.29, 1.82) is 0 Å². The maximum Gasteiger partial charge on any atom is 0.339 e. The van der Waals surface area contributed by atoms with Crippen LogP contribution >= 0.6 is 0 Å². The van der Waals surface area contributed by atoms with E-state index in [0.29, 0.717) is 44.9 Å². The van der Waals surface area contributed by atoms with E-state index >= 15 is 0 Å². The third-order valence-corrected chi connectivity index (χ3v) is 4.02. The van der Waals surface area contributed by atoms with E-state index in [1.54, 1.807) is 18.1 Å². The molecule has 132 valence electrons. The Morgan fingerprint density at radius 3 is 2.50 bits per heavy atom. The Morgan fingerprint density at radius 2 is 1.83 bits per heavy atom. The van der Waals surface area contributed by atoms with Crippen molar-refractivity contribution in [1.82, 2.24) is 10.2 Å². The fourth-order valence-electron chi connectivity index (χ4n) is 2.71. The number of nitrogens with one attached hydrogen (secondary N) is 1. The van der Waals surface area contributed by atoms with Crippen LogP contribution in [0.15, 0.2) is 24.3 Å². The van der Waals surface area contributed by atoms with Crippen LogP contribution in [0.4, 0.5) is 10.5 Å². The molecule has 7 nitrogen and oxygen atoms in total. The highest BCUT2D eigenvalue weighted by Crippen LogP contribution is 2.22. The second-order valence-corrected chi connectivity index (χ2v) is 5.56. The minimum atomic E-state index is -0.344. The number of esters is 1. The summed E-state index contributed by atoms with van der Waals surface area (Å²) in [5, 5.41) is 2.89. The molecule has 1 aromatic carbocycles. The summed E-state index contributed by atoms with van der Waals surface area (Å²) in [7, 11) is 3.03. The van der Waals surface area contributed by atoms with Gasteiger partial charge in [0.2, 0.25) is 0 Å². The second kappa shape index (κ2) is 9.12. The molecule has 1 fully saturated rings. The summed E-state index contributed by atoms with van der Waals surface area (Å²) in [6.45, 7) is 3.84. The van der Waals surface area contributed by atoms with Crippen LogP contribution in [-0.2, 0) is 9.47 Å². The number of urea groups is 1. The Morgan fingerprint density at radius 1 is 1.12 bits per heavy atom. The fourth-order valence-corrected chi connectivity index (χ4v) is 2.71. The normalized spacial score (nSPS) is 14.4. The number of nitrogens with zero attached hydrogens (tertiary/aromatic N) is 2. The van der Waals surface area contributed by atoms with Crippen molar-refractivity contribution in [2.45, 2.75) is 6.42 Å². The van der Waals surface area contributed by atoms with Gasteiger partial charge in [0.25, 0.3) is 0 Å². The molecule has 2 amide bonds. The zero-order chi connectivity index (χ0) is 17.4. The van der Waals surface area contributed by atoms with Crippen LogP contribution in [0.1, 0.15) is 16.8 Å². The van der Waals surface area contributed by atoms with E-state index in [1.807, 2.05) is 18.2 Å². The lowest BCUT2D eigenvalue weighted by Crippen LogP contribution is -2.52. The monoisotopic (exact) mass is 335 g/mol. The predicted molar refractivity (Wildman–Crippen MR) is 91.5 cm³/mol. The highest BCUT2D eigenvalue weighted by molar-refractivity contribution is 5.95. The highest BCUT2D eigenvalue weighted by Gasteiger charge is 2.23. The largest absolute Gasteiger partial charge is 0.465 e. The van der Waals surface area contributed by atoms with Crippen molar-refractivity contribution in [3.8, 4) is 0 Å². The molecule has 7 heteroatoms. The van der Waals surface area contributed by atoms with Crippen molar-refractivity contribution in [2.75, 3.05) is 58.5 Å². The van der Waals surface area contributed by atoms with Crippen LogP contribution < -0.4 is 10.2 Å². The molecule has 0 spiro atoms. The molecule has 0 bridgehead atoms. The van der Waals surface area contributed by atoms with E-state index < -0.39 is 0 Å². The first-order valence-electron chi connectivity index (χ1n) is 8.11. The molecule has 0 aliphatic carbocycles. The number of benzene rings is 1. The van der Waals surface area contributed by atoms with Crippen LogP contribution in [-0.4, -0.2) is 70.5 Å². The molecule has 24 heavy (non-hydrogen) atoms. The molecule has 0 radical (unpaired) electrons. The van der Waals surface area contributed by atoms with Gasteiger partial charge in [-0.3, -0.25) is 0 Å². The number of rotatable bonds is 6. The number of carbonyl (C=O) groups excluding carboxylic acids is 2. The summed E-state index contributed by atoms with van der Waals surface area (Å²) in [5.74, 6) is -0.344. The number of ether oxygens (including phenoxy) is 2. The molecule has 0 atom stereocenters. The van der Waals surface area contributed by atoms with Gasteiger partial charge in [0, 0.05) is 46.4 Å². The van der Waals surface area contributed by atoms with Gasteiger partial charge in [-0.1, -0.05) is 12.1 Å². The number of para-hydroxylation sites is 1. The summed E-state index contributed by atoms with van der Waals surface area (Å²) in [4.78, 5) is 27.9. The van der Waals surface area contributed by atoms with Crippen LogP contribution in [0.2, 0.25) is 0 Å². The van der Waals surface area contributed by atoms with Gasteiger partial charge >= 0.3 is 12.0 Å². The van der Waals surface area contributed by atoms with Gasteiger partial charge in [-0.15, -0.1) is 0 Å². The van der Waals surface area contributed by atoms with Crippen LogP contribution in [0.25, 0.3) is 0 Å². The van der Waals surface area contributed by atoms with Gasteiger partial charge < -0.3 is 24.6 Å². The van der Waals surface area contributed by atoms with E-state index in [1.165, 1.54) is 7.11 Å². The quantitative estimate of drug-likeness (QED) is 0.627. The molecule has 1 aromatic rings. The van der Waals surface area contributed by atoms with E-state index in [4.69, 9.17) is 9.47 Å². The van der Waals surface area contributed by atoms with Gasteiger partial charge in [-0.05, 0) is 18.6 Å². The number of carbonyl (C=O) groups is 2. The van der Waals surface area contributed by atoms with Crippen molar-refractivity contribution >= 4 is 17.7 Å². The number of hydrogen-bond acceptors (Lipinski definition) is 5. The Labute approximate surface area is 142 Å². The lowest BCUT2D eigenvalue weighted by atomic mass is 10.1. The number of amides is 2. The van der Waals surface area contributed by atoms with Crippen LogP contribution in [0.5, 0.6) is 0 Å². The van der Waals surface area contributed by atoms with Crippen molar-refractivity contribution in [2.24, 2.45) is 0 Å². The van der Waals surface area contributed by atoms with E-state index in [9.17, 15) is 9.59 Å². The molecular formula is C17H25N3O4. The van der Waals surface area contributed by atoms with E-state index in [0.717, 1.165) is 12.1 Å². The van der Waals surface area contributed by atoms with E-state index in [-0.39, 0.29) is 12.0 Å². The predicted octanol–water partition coefficient (Wildman–Crippen LogP) is 1.34. The standard InChI is InChI=1S/C17H25N3O4/c1-23-13-5-8-18-17(22)20-11-9-19(10-12-20)15-7-4-3-6-14(15)16(21)24-2/h3-4,6-7H,5,8-13H2,1-2H3,(H,18,22). The molecule has 1 aliphatic heterocycles. The average molecular weight is 335 g/mol. The SMILES string of the molecule is COCCCNC(=O)N1CCN(c2ccccc2C(=O)OC)CC1. The number of hydrogen-bond donors (Lipinski definition) is 1. The lowest BCUT2D eigenvalue weighted by molar-refractivity contribution is 0.0601. The smallest absolute Gasteiger partial charge is 0.339 e. The van der Waals surface area contributed by atoms with Gasteiger partial charge in [0.1, 0.15) is 0 Å². The lowest BCUT2D eigenvalue weighted by Gasteiger charge is -2.36. The second-order valence-electron chi connectivity index (χ2n) is 5.56. The molecule has 0 unspecified atom stereocenters. The number of piperazine rings is 1. The van der Waals surface area contributed by atoms with Gasteiger partial charge in [-0.25, -0.2) is 9.59 Å². The molecular weight excluding hydrogens is 310 g/mol. The number of anilines is 1. The minimum Gasteiger partial charge on any atom is -0.465 e. The van der Waals surface area contributed by atoms with Crippen LogP contribution in [0, 0.1) is 0 Å². The summed E-state index contributed by atoms with van der Waals surface area (Å²) in [6, 6.07) is 7.34. The highest BCUT2D eigenvalue weighted by atomic mass is 16.5. The third-order valence-electron chi connectivity index (χ3n) is 4.02. The van der Waals surface area contributed by atoms with Gasteiger partial charge in [-0.2, -0.15) is 0 Å². The zero-order valence-electron chi connectivity index (χ0n) is 14.3. The third kappa shape index (κ3) is 4.61. The van der Waals surface area contributed by atoms with Crippen molar-refractivity contribution < 1.29 is 19.1 Å². The molecule has 2 rings (SSSR count). The average Bonchev–Trinajstić information content (AvgIpc) is 2.64. The summed E-state index contributed by atoms with van der Waals surface area (Å²) < 4.78 is 9.80. The first-order valence-corrected chi connectivity index (χ1v) is 8.11. The Balaban J connectivity index is 1.89. The first-order chi connectivity index (χ1) is 11.7. The Kier molecular flexibility index (Phi) is 6.87. The molecule has 1 saturated heterocycles. The van der Waals surface area contributed by atoms with Gasteiger partial charge in [0.15, 0.2) is 0 Å². The maximum atomic E-state index is 12.1. The van der Waals surface area contributed by atoms with Crippen LogP contribution in [0.3, 0.4) is 0 Å². The summed E-state index contributed by atoms with van der Waals surface area (Å²) in [5.41, 5.74) is 1.40. The minimum absolute atomic E-state index is 0.0491. The summed E-state index contributed by atoms with van der Waals surface area (Å²) >= 11 is 0. The zero-order valence-corrected chi connectivity index (χ0v) is 14.3. The molecule has 0 aromatic heterocycles. The Hall–Kier alpha value is -2.28. The topological polar surface area (TPSA) is 71.1 Å². The van der Waals surface area contributed by atoms with Crippen molar-refractivity contribution in [3.63, 3.8) is 0 Å². The fraction of sp³-hybridized carbons (Fsp3) is 0.529. The molecule has 0 saturated carbocycles.